The van der Waals surface area contributed by atoms with E-state index in [1.165, 1.54) is 16.0 Å². The van der Waals surface area contributed by atoms with Crippen LogP contribution >= 0.6 is 11.8 Å². The van der Waals surface area contributed by atoms with Gasteiger partial charge in [0.05, 0.1) is 5.75 Å². The lowest BCUT2D eigenvalue weighted by Crippen LogP contribution is -2.33. The number of aryl methyl sites for hydroxylation is 2. The van der Waals surface area contributed by atoms with E-state index in [9.17, 15) is 4.79 Å². The SMILES string of the molecule is Cc1ccc(C)c(SCC(=O)N2C[C@H]3CNC[C@H]3C2)c1. The summed E-state index contributed by atoms with van der Waals surface area (Å²) < 4.78 is 0. The minimum Gasteiger partial charge on any atom is -0.341 e. The van der Waals surface area contributed by atoms with Gasteiger partial charge in [0.15, 0.2) is 0 Å². The third kappa shape index (κ3) is 2.86. The number of hydrogen-bond donors (Lipinski definition) is 1. The molecular formula is C16H22N2OS. The van der Waals surface area contributed by atoms with Crippen molar-refractivity contribution in [3.63, 3.8) is 0 Å². The zero-order chi connectivity index (χ0) is 14.1. The molecule has 1 N–H and O–H groups in total. The number of fused-ring (bicyclic) bond motifs is 1. The average molecular weight is 290 g/mol. The van der Waals surface area contributed by atoms with Crippen LogP contribution in [0, 0.1) is 25.7 Å². The van der Waals surface area contributed by atoms with Crippen LogP contribution in [0.1, 0.15) is 11.1 Å². The minimum absolute atomic E-state index is 0.297. The first-order valence-electron chi connectivity index (χ1n) is 7.32. The standard InChI is InChI=1S/C16H22N2OS/c1-11-3-4-12(2)15(5-11)20-10-16(19)18-8-13-6-17-7-14(13)9-18/h3-5,13-14,17H,6-10H2,1-2H3/t13-,14+. The Balaban J connectivity index is 1.56. The van der Waals surface area contributed by atoms with Gasteiger partial charge in [-0.1, -0.05) is 17.7 Å². The normalized spacial score (nSPS) is 25.0. The second kappa shape index (κ2) is 5.78. The average Bonchev–Trinajstić information content (AvgIpc) is 3.00. The largest absolute Gasteiger partial charge is 0.341 e. The molecule has 3 nitrogen and oxygen atoms in total. The molecule has 4 heteroatoms. The number of benzene rings is 1. The molecule has 2 aliphatic rings. The Bertz CT molecular complexity index is 505. The Hall–Kier alpha value is -1.00. The first-order chi connectivity index (χ1) is 9.63. The molecule has 0 spiro atoms. The van der Waals surface area contributed by atoms with Crippen LogP contribution in [0.3, 0.4) is 0 Å². The maximum atomic E-state index is 12.3. The molecule has 2 atom stereocenters. The van der Waals surface area contributed by atoms with E-state index in [4.69, 9.17) is 0 Å². The van der Waals surface area contributed by atoms with Crippen molar-refractivity contribution in [2.24, 2.45) is 11.8 Å². The van der Waals surface area contributed by atoms with E-state index in [1.54, 1.807) is 11.8 Å². The lowest BCUT2D eigenvalue weighted by atomic mass is 10.0. The smallest absolute Gasteiger partial charge is 0.232 e. The molecule has 108 valence electrons. The zero-order valence-corrected chi connectivity index (χ0v) is 13.0. The maximum absolute atomic E-state index is 12.3. The molecule has 2 aliphatic heterocycles. The van der Waals surface area contributed by atoms with Crippen molar-refractivity contribution < 1.29 is 4.79 Å². The summed E-state index contributed by atoms with van der Waals surface area (Å²) in [5, 5.41) is 3.41. The molecule has 1 aromatic carbocycles. The molecule has 1 aromatic rings. The number of likely N-dealkylation sites (tertiary alicyclic amines) is 1. The summed E-state index contributed by atoms with van der Waals surface area (Å²) in [6.45, 7) is 8.27. The van der Waals surface area contributed by atoms with Gasteiger partial charge < -0.3 is 10.2 Å². The van der Waals surface area contributed by atoms with Gasteiger partial charge in [-0.2, -0.15) is 0 Å². The van der Waals surface area contributed by atoms with Crippen molar-refractivity contribution in [1.82, 2.24) is 10.2 Å². The highest BCUT2D eigenvalue weighted by Gasteiger charge is 2.37. The number of rotatable bonds is 3. The summed E-state index contributed by atoms with van der Waals surface area (Å²) in [4.78, 5) is 15.6. The lowest BCUT2D eigenvalue weighted by molar-refractivity contribution is -0.127. The van der Waals surface area contributed by atoms with Gasteiger partial charge in [-0.05, 0) is 37.3 Å². The molecule has 20 heavy (non-hydrogen) atoms. The van der Waals surface area contributed by atoms with Crippen LogP contribution in [0.15, 0.2) is 23.1 Å². The predicted molar refractivity (Wildman–Crippen MR) is 83.1 cm³/mol. The molecule has 2 fully saturated rings. The molecule has 2 saturated heterocycles. The number of carbonyl (C=O) groups is 1. The molecule has 2 heterocycles. The Morgan fingerprint density at radius 3 is 2.70 bits per heavy atom. The number of thioether (sulfide) groups is 1. The molecule has 0 aromatic heterocycles. The van der Waals surface area contributed by atoms with Crippen molar-refractivity contribution in [3.05, 3.63) is 29.3 Å². The third-order valence-corrected chi connectivity index (χ3v) is 5.58. The highest BCUT2D eigenvalue weighted by molar-refractivity contribution is 8.00. The summed E-state index contributed by atoms with van der Waals surface area (Å²) in [6.07, 6.45) is 0. The molecule has 0 saturated carbocycles. The Labute approximate surface area is 125 Å². The third-order valence-electron chi connectivity index (χ3n) is 4.44. The van der Waals surface area contributed by atoms with E-state index in [1.807, 2.05) is 0 Å². The van der Waals surface area contributed by atoms with Crippen LogP contribution in [0.4, 0.5) is 0 Å². The fourth-order valence-corrected chi connectivity index (χ4v) is 4.18. The first-order valence-corrected chi connectivity index (χ1v) is 8.30. The molecule has 3 rings (SSSR count). The highest BCUT2D eigenvalue weighted by Crippen LogP contribution is 2.28. The molecule has 0 bridgehead atoms. The van der Waals surface area contributed by atoms with Gasteiger partial charge in [-0.25, -0.2) is 0 Å². The van der Waals surface area contributed by atoms with Gasteiger partial charge in [0.25, 0.3) is 0 Å². The van der Waals surface area contributed by atoms with Crippen LogP contribution < -0.4 is 5.32 Å². The van der Waals surface area contributed by atoms with Crippen molar-refractivity contribution in [3.8, 4) is 0 Å². The van der Waals surface area contributed by atoms with Crippen LogP contribution in [0.25, 0.3) is 0 Å². The van der Waals surface area contributed by atoms with E-state index in [0.717, 1.165) is 26.2 Å². The van der Waals surface area contributed by atoms with Crippen molar-refractivity contribution in [1.29, 1.82) is 0 Å². The number of carbonyl (C=O) groups excluding carboxylic acids is 1. The topological polar surface area (TPSA) is 32.3 Å². The van der Waals surface area contributed by atoms with Gasteiger partial charge in [0.1, 0.15) is 0 Å². The van der Waals surface area contributed by atoms with Gasteiger partial charge in [-0.15, -0.1) is 11.8 Å². The predicted octanol–water partition coefficient (Wildman–Crippen LogP) is 2.07. The Kier molecular flexibility index (Phi) is 4.03. The van der Waals surface area contributed by atoms with Gasteiger partial charge >= 0.3 is 0 Å². The minimum atomic E-state index is 0.297. The number of nitrogens with zero attached hydrogens (tertiary/aromatic N) is 1. The van der Waals surface area contributed by atoms with E-state index in [-0.39, 0.29) is 0 Å². The monoisotopic (exact) mass is 290 g/mol. The first kappa shape index (κ1) is 14.0. The molecule has 0 aliphatic carbocycles. The molecule has 1 amide bonds. The van der Waals surface area contributed by atoms with Gasteiger partial charge in [0, 0.05) is 31.1 Å². The molecule has 0 unspecified atom stereocenters. The fourth-order valence-electron chi connectivity index (χ4n) is 3.15. The molecule has 0 radical (unpaired) electrons. The summed E-state index contributed by atoms with van der Waals surface area (Å²) in [6, 6.07) is 6.43. The summed E-state index contributed by atoms with van der Waals surface area (Å²) in [7, 11) is 0. The van der Waals surface area contributed by atoms with E-state index < -0.39 is 0 Å². The van der Waals surface area contributed by atoms with Gasteiger partial charge in [0.2, 0.25) is 5.91 Å². The van der Waals surface area contributed by atoms with E-state index in [0.29, 0.717) is 23.5 Å². The van der Waals surface area contributed by atoms with Gasteiger partial charge in [-0.3, -0.25) is 4.79 Å². The van der Waals surface area contributed by atoms with Crippen molar-refractivity contribution in [2.75, 3.05) is 31.9 Å². The van der Waals surface area contributed by atoms with E-state index in [2.05, 4.69) is 42.3 Å². The maximum Gasteiger partial charge on any atom is 0.232 e. The number of hydrogen-bond acceptors (Lipinski definition) is 3. The molecular weight excluding hydrogens is 268 g/mol. The highest BCUT2D eigenvalue weighted by atomic mass is 32.2. The van der Waals surface area contributed by atoms with Crippen LogP contribution in [-0.2, 0) is 4.79 Å². The zero-order valence-electron chi connectivity index (χ0n) is 12.2. The quantitative estimate of drug-likeness (QED) is 0.865. The van der Waals surface area contributed by atoms with E-state index >= 15 is 0 Å². The second-order valence-corrected chi connectivity index (χ2v) is 7.05. The van der Waals surface area contributed by atoms with Crippen LogP contribution in [0.2, 0.25) is 0 Å². The Morgan fingerprint density at radius 1 is 1.30 bits per heavy atom. The summed E-state index contributed by atoms with van der Waals surface area (Å²) in [5.41, 5.74) is 2.52. The van der Waals surface area contributed by atoms with Crippen LogP contribution in [-0.4, -0.2) is 42.7 Å². The fraction of sp³-hybridized carbons (Fsp3) is 0.562. The summed E-state index contributed by atoms with van der Waals surface area (Å²) in [5.74, 6) is 2.23. The Morgan fingerprint density at radius 2 is 2.00 bits per heavy atom. The summed E-state index contributed by atoms with van der Waals surface area (Å²) >= 11 is 1.68. The number of amides is 1. The second-order valence-electron chi connectivity index (χ2n) is 6.03. The number of nitrogens with one attached hydrogen (secondary N) is 1. The van der Waals surface area contributed by atoms with Crippen molar-refractivity contribution >= 4 is 17.7 Å². The van der Waals surface area contributed by atoms with Crippen LogP contribution in [0.5, 0.6) is 0 Å². The lowest BCUT2D eigenvalue weighted by Gasteiger charge is -2.17. The van der Waals surface area contributed by atoms with Crippen molar-refractivity contribution in [2.45, 2.75) is 18.7 Å².